The van der Waals surface area contributed by atoms with Gasteiger partial charge in [0.2, 0.25) is 0 Å². The van der Waals surface area contributed by atoms with Crippen LogP contribution in [0.25, 0.3) is 21.7 Å². The second kappa shape index (κ2) is 7.59. The maximum atomic E-state index is 12.8. The second-order valence-electron chi connectivity index (χ2n) is 7.22. The summed E-state index contributed by atoms with van der Waals surface area (Å²) in [7, 11) is 1.52. The van der Waals surface area contributed by atoms with Crippen LogP contribution in [-0.2, 0) is 13.5 Å². The molecule has 4 aromatic rings. The largest absolute Gasteiger partial charge is 0.454 e. The van der Waals surface area contributed by atoms with Crippen LogP contribution in [0.5, 0.6) is 0 Å². The van der Waals surface area contributed by atoms with Crippen LogP contribution >= 0.6 is 0 Å². The fraction of sp³-hybridized carbons (Fsp3) is 0.217. The number of furan rings is 1. The number of fused-ring (bicyclic) bond motifs is 2. The van der Waals surface area contributed by atoms with E-state index in [0.29, 0.717) is 22.2 Å². The molecule has 4 rings (SSSR count). The number of hydrogen-bond donors (Lipinski definition) is 1. The molecule has 0 radical (unpaired) electrons. The number of aryl methyl sites for hydroxylation is 3. The van der Waals surface area contributed by atoms with Crippen LogP contribution in [-0.4, -0.2) is 21.4 Å². The lowest BCUT2D eigenvalue weighted by atomic mass is 10.0. The summed E-state index contributed by atoms with van der Waals surface area (Å²) in [6.45, 7) is 5.88. The smallest absolute Gasteiger partial charge is 0.292 e. The number of hydrogen-bond acceptors (Lipinski definition) is 5. The Morgan fingerprint density at radius 2 is 1.90 bits per heavy atom. The molecular formula is C23H22N4O3. The Morgan fingerprint density at radius 3 is 2.63 bits per heavy atom. The van der Waals surface area contributed by atoms with Crippen LogP contribution in [0.4, 0.5) is 0 Å². The molecule has 7 nitrogen and oxygen atoms in total. The highest BCUT2D eigenvalue weighted by Crippen LogP contribution is 2.28. The molecule has 0 atom stereocenters. The number of hydrazone groups is 1. The van der Waals surface area contributed by atoms with Gasteiger partial charge in [-0.25, -0.2) is 10.1 Å². The first kappa shape index (κ1) is 19.6. The SMILES string of the molecule is CCc1c(/C(C)=N\NC(=O)c2nn(C)c(=O)c3ccccc23)oc2ccc(C)cc12. The zero-order valence-electron chi connectivity index (χ0n) is 17.3. The first-order chi connectivity index (χ1) is 14.4. The summed E-state index contributed by atoms with van der Waals surface area (Å²) in [5.74, 6) is 0.155. The summed E-state index contributed by atoms with van der Waals surface area (Å²) in [5.41, 5.74) is 5.99. The summed E-state index contributed by atoms with van der Waals surface area (Å²) in [5, 5.41) is 10.4. The number of aromatic nitrogens is 2. The minimum absolute atomic E-state index is 0.139. The van der Waals surface area contributed by atoms with Gasteiger partial charge in [-0.1, -0.05) is 36.8 Å². The van der Waals surface area contributed by atoms with Crippen molar-refractivity contribution in [1.82, 2.24) is 15.2 Å². The van der Waals surface area contributed by atoms with Gasteiger partial charge in [0.05, 0.1) is 5.39 Å². The highest BCUT2D eigenvalue weighted by Gasteiger charge is 2.18. The molecule has 2 aromatic heterocycles. The third kappa shape index (κ3) is 3.28. The topological polar surface area (TPSA) is 89.5 Å². The van der Waals surface area contributed by atoms with E-state index in [2.05, 4.69) is 28.6 Å². The molecule has 0 saturated carbocycles. The Balaban J connectivity index is 1.70. The number of amides is 1. The predicted octanol–water partition coefficient (Wildman–Crippen LogP) is 3.70. The van der Waals surface area contributed by atoms with Gasteiger partial charge in [-0.3, -0.25) is 9.59 Å². The fourth-order valence-electron chi connectivity index (χ4n) is 3.61. The van der Waals surface area contributed by atoms with Crippen molar-refractivity contribution >= 4 is 33.4 Å². The van der Waals surface area contributed by atoms with Gasteiger partial charge in [0.15, 0.2) is 11.5 Å². The van der Waals surface area contributed by atoms with Crippen molar-refractivity contribution in [3.05, 3.63) is 75.4 Å². The second-order valence-corrected chi connectivity index (χ2v) is 7.22. The summed E-state index contributed by atoms with van der Waals surface area (Å²) in [6.07, 6.45) is 0.777. The lowest BCUT2D eigenvalue weighted by Crippen LogP contribution is -2.27. The molecule has 7 heteroatoms. The Kier molecular flexibility index (Phi) is 4.95. The average Bonchev–Trinajstić information content (AvgIpc) is 3.12. The minimum Gasteiger partial charge on any atom is -0.454 e. The standard InChI is InChI=1S/C23H22N4O3/c1-5-15-18-12-13(2)10-11-19(18)30-21(15)14(3)24-25-22(28)20-16-8-6-7-9-17(16)23(29)27(4)26-20/h6-12H,5H2,1-4H3,(H,25,28)/b24-14-. The first-order valence-electron chi connectivity index (χ1n) is 9.73. The third-order valence-corrected chi connectivity index (χ3v) is 5.13. The molecule has 0 aliphatic rings. The van der Waals surface area contributed by atoms with Crippen LogP contribution in [0.15, 0.2) is 56.8 Å². The molecule has 1 N–H and O–H groups in total. The van der Waals surface area contributed by atoms with Crippen LogP contribution in [0.3, 0.4) is 0 Å². The summed E-state index contributed by atoms with van der Waals surface area (Å²) >= 11 is 0. The number of carbonyl (C=O) groups excluding carboxylic acids is 1. The highest BCUT2D eigenvalue weighted by atomic mass is 16.3. The molecule has 0 spiro atoms. The lowest BCUT2D eigenvalue weighted by Gasteiger charge is -2.07. The number of carbonyl (C=O) groups is 1. The van der Waals surface area contributed by atoms with Crippen LogP contribution in [0.2, 0.25) is 0 Å². The van der Waals surface area contributed by atoms with Gasteiger partial charge < -0.3 is 4.42 Å². The van der Waals surface area contributed by atoms with Crippen molar-refractivity contribution in [3.8, 4) is 0 Å². The van der Waals surface area contributed by atoms with Gasteiger partial charge in [-0.2, -0.15) is 10.2 Å². The molecule has 1 amide bonds. The third-order valence-electron chi connectivity index (χ3n) is 5.13. The number of rotatable bonds is 4. The van der Waals surface area contributed by atoms with Gasteiger partial charge in [-0.05, 0) is 38.5 Å². The van der Waals surface area contributed by atoms with E-state index in [4.69, 9.17) is 4.42 Å². The molecule has 0 aliphatic carbocycles. The van der Waals surface area contributed by atoms with Gasteiger partial charge in [0, 0.05) is 23.4 Å². The van der Waals surface area contributed by atoms with Gasteiger partial charge in [0.25, 0.3) is 11.5 Å². The molecule has 0 unspecified atom stereocenters. The minimum atomic E-state index is -0.494. The van der Waals surface area contributed by atoms with Gasteiger partial charge in [0.1, 0.15) is 11.3 Å². The molecule has 2 heterocycles. The summed E-state index contributed by atoms with van der Waals surface area (Å²) in [4.78, 5) is 25.1. The maximum Gasteiger partial charge on any atom is 0.292 e. The molecule has 0 bridgehead atoms. The van der Waals surface area contributed by atoms with E-state index in [9.17, 15) is 9.59 Å². The average molecular weight is 402 g/mol. The van der Waals surface area contributed by atoms with E-state index in [0.717, 1.165) is 33.2 Å². The van der Waals surface area contributed by atoms with E-state index >= 15 is 0 Å². The predicted molar refractivity (Wildman–Crippen MR) is 117 cm³/mol. The molecule has 0 aliphatic heterocycles. The number of nitrogens with one attached hydrogen (secondary N) is 1. The Morgan fingerprint density at radius 1 is 1.17 bits per heavy atom. The Bertz CT molecular complexity index is 1380. The molecule has 152 valence electrons. The van der Waals surface area contributed by atoms with Crippen molar-refractivity contribution in [2.24, 2.45) is 12.1 Å². The van der Waals surface area contributed by atoms with E-state index in [-0.39, 0.29) is 11.3 Å². The molecule has 0 saturated heterocycles. The van der Waals surface area contributed by atoms with E-state index in [1.165, 1.54) is 7.05 Å². The van der Waals surface area contributed by atoms with Crippen molar-refractivity contribution in [2.45, 2.75) is 27.2 Å². The van der Waals surface area contributed by atoms with E-state index < -0.39 is 5.91 Å². The molecule has 0 fully saturated rings. The Hall–Kier alpha value is -3.74. The highest BCUT2D eigenvalue weighted by molar-refractivity contribution is 6.06. The van der Waals surface area contributed by atoms with Crippen LogP contribution in [0.1, 0.15) is 41.2 Å². The van der Waals surface area contributed by atoms with E-state index in [1.54, 1.807) is 31.2 Å². The first-order valence-corrected chi connectivity index (χ1v) is 9.73. The summed E-state index contributed by atoms with van der Waals surface area (Å²) < 4.78 is 7.16. The number of nitrogens with zero attached hydrogens (tertiary/aromatic N) is 3. The van der Waals surface area contributed by atoms with Crippen molar-refractivity contribution in [1.29, 1.82) is 0 Å². The van der Waals surface area contributed by atoms with Crippen LogP contribution in [0, 0.1) is 6.92 Å². The Labute approximate surface area is 173 Å². The monoisotopic (exact) mass is 402 g/mol. The quantitative estimate of drug-likeness (QED) is 0.416. The molecule has 30 heavy (non-hydrogen) atoms. The number of benzene rings is 2. The van der Waals surface area contributed by atoms with Gasteiger partial charge >= 0.3 is 0 Å². The zero-order valence-corrected chi connectivity index (χ0v) is 17.3. The summed E-state index contributed by atoms with van der Waals surface area (Å²) in [6, 6.07) is 12.9. The van der Waals surface area contributed by atoms with Crippen LogP contribution < -0.4 is 11.0 Å². The normalized spacial score (nSPS) is 11.9. The van der Waals surface area contributed by atoms with Crippen molar-refractivity contribution < 1.29 is 9.21 Å². The molecule has 2 aromatic carbocycles. The van der Waals surface area contributed by atoms with Crippen molar-refractivity contribution in [3.63, 3.8) is 0 Å². The van der Waals surface area contributed by atoms with Crippen molar-refractivity contribution in [2.75, 3.05) is 0 Å². The fourth-order valence-corrected chi connectivity index (χ4v) is 3.61. The zero-order chi connectivity index (χ0) is 21.4. The maximum absolute atomic E-state index is 12.8. The van der Waals surface area contributed by atoms with Gasteiger partial charge in [-0.15, -0.1) is 0 Å². The lowest BCUT2D eigenvalue weighted by molar-refractivity contribution is 0.0949. The van der Waals surface area contributed by atoms with E-state index in [1.807, 2.05) is 19.1 Å². The molecular weight excluding hydrogens is 380 g/mol.